The van der Waals surface area contributed by atoms with E-state index in [1.165, 1.54) is 0 Å². The van der Waals surface area contributed by atoms with E-state index in [0.717, 1.165) is 36.5 Å². The zero-order chi connectivity index (χ0) is 17.4. The van der Waals surface area contributed by atoms with Gasteiger partial charge < -0.3 is 15.5 Å². The van der Waals surface area contributed by atoms with Gasteiger partial charge in [0.15, 0.2) is 5.66 Å². The highest BCUT2D eigenvalue weighted by Gasteiger charge is 2.36. The number of para-hydroxylation sites is 2. The van der Waals surface area contributed by atoms with Crippen LogP contribution in [0.3, 0.4) is 0 Å². The van der Waals surface area contributed by atoms with E-state index in [2.05, 4.69) is 27.9 Å². The maximum absolute atomic E-state index is 12.2. The minimum atomic E-state index is -0.498. The third kappa shape index (κ3) is 2.94. The Hall–Kier alpha value is -2.57. The molecule has 3 heterocycles. The molecule has 1 unspecified atom stereocenters. The monoisotopic (exact) mass is 340 g/mol. The van der Waals surface area contributed by atoms with E-state index >= 15 is 0 Å². The van der Waals surface area contributed by atoms with E-state index in [1.54, 1.807) is 4.68 Å². The molecule has 0 spiro atoms. The highest BCUT2D eigenvalue weighted by Crippen LogP contribution is 2.38. The van der Waals surface area contributed by atoms with Crippen molar-refractivity contribution in [3.63, 3.8) is 0 Å². The first-order valence-corrected chi connectivity index (χ1v) is 8.91. The summed E-state index contributed by atoms with van der Waals surface area (Å²) in [6.45, 7) is 5.49. The van der Waals surface area contributed by atoms with Crippen LogP contribution >= 0.6 is 0 Å². The van der Waals surface area contributed by atoms with Gasteiger partial charge in [0.1, 0.15) is 12.4 Å². The molecule has 1 amide bonds. The molecule has 7 heteroatoms. The molecule has 1 aromatic carbocycles. The van der Waals surface area contributed by atoms with Gasteiger partial charge in [0.05, 0.1) is 17.6 Å². The molecule has 1 saturated heterocycles. The Kier molecular flexibility index (Phi) is 3.86. The third-order valence-corrected chi connectivity index (χ3v) is 5.05. The Morgan fingerprint density at radius 1 is 1.28 bits per heavy atom. The van der Waals surface area contributed by atoms with Crippen LogP contribution < -0.4 is 10.6 Å². The third-order valence-electron chi connectivity index (χ3n) is 5.05. The predicted octanol–water partition coefficient (Wildman–Crippen LogP) is 2.59. The quantitative estimate of drug-likeness (QED) is 0.875. The molecule has 1 fully saturated rings. The normalized spacial score (nSPS) is 21.1. The molecule has 132 valence electrons. The molecule has 0 bridgehead atoms. The Bertz CT molecular complexity index is 760. The summed E-state index contributed by atoms with van der Waals surface area (Å²) in [5, 5.41) is 15.5. The minimum Gasteiger partial charge on any atom is -0.356 e. The van der Waals surface area contributed by atoms with Gasteiger partial charge >= 0.3 is 0 Å². The van der Waals surface area contributed by atoms with Gasteiger partial charge in [-0.2, -0.15) is 0 Å². The molecule has 1 aromatic heterocycles. The number of carbonyl (C=O) groups is 1. The number of benzene rings is 1. The van der Waals surface area contributed by atoms with Gasteiger partial charge in [-0.1, -0.05) is 30.7 Å². The van der Waals surface area contributed by atoms with E-state index in [-0.39, 0.29) is 5.91 Å². The number of aromatic nitrogens is 3. The summed E-state index contributed by atoms with van der Waals surface area (Å²) in [6.07, 6.45) is 4.79. The van der Waals surface area contributed by atoms with Crippen molar-refractivity contribution in [1.29, 1.82) is 0 Å². The predicted molar refractivity (Wildman–Crippen MR) is 95.8 cm³/mol. The summed E-state index contributed by atoms with van der Waals surface area (Å²) >= 11 is 0. The highest BCUT2D eigenvalue weighted by molar-refractivity contribution is 5.78. The summed E-state index contributed by atoms with van der Waals surface area (Å²) in [4.78, 5) is 14.1. The minimum absolute atomic E-state index is 0.214. The van der Waals surface area contributed by atoms with E-state index in [9.17, 15) is 4.79 Å². The van der Waals surface area contributed by atoms with Gasteiger partial charge in [0, 0.05) is 13.0 Å². The maximum atomic E-state index is 12.2. The Labute approximate surface area is 147 Å². The van der Waals surface area contributed by atoms with Crippen molar-refractivity contribution in [3.8, 4) is 0 Å². The van der Waals surface area contributed by atoms with E-state index in [0.29, 0.717) is 19.0 Å². The van der Waals surface area contributed by atoms with E-state index in [4.69, 9.17) is 0 Å². The smallest absolute Gasteiger partial charge is 0.224 e. The van der Waals surface area contributed by atoms with Crippen molar-refractivity contribution in [2.24, 2.45) is 5.92 Å². The molecule has 25 heavy (non-hydrogen) atoms. The summed E-state index contributed by atoms with van der Waals surface area (Å²) in [6, 6.07) is 8.08. The van der Waals surface area contributed by atoms with Gasteiger partial charge in [0.2, 0.25) is 5.91 Å². The molecule has 2 aromatic rings. The van der Waals surface area contributed by atoms with Crippen LogP contribution in [0.5, 0.6) is 0 Å². The van der Waals surface area contributed by atoms with Crippen molar-refractivity contribution in [3.05, 3.63) is 36.2 Å². The Balaban J connectivity index is 1.46. The van der Waals surface area contributed by atoms with Crippen LogP contribution in [-0.4, -0.2) is 32.3 Å². The number of fused-ring (bicyclic) bond motifs is 1. The molecule has 1 atom stereocenters. The van der Waals surface area contributed by atoms with Crippen molar-refractivity contribution in [2.75, 3.05) is 17.2 Å². The van der Waals surface area contributed by atoms with Crippen LogP contribution in [0.1, 0.15) is 38.8 Å². The van der Waals surface area contributed by atoms with E-state index < -0.39 is 5.66 Å². The topological polar surface area (TPSA) is 75.1 Å². The lowest BCUT2D eigenvalue weighted by Gasteiger charge is -2.23. The molecule has 7 nitrogen and oxygen atoms in total. The summed E-state index contributed by atoms with van der Waals surface area (Å²) in [5.41, 5.74) is 2.41. The molecule has 2 aliphatic heterocycles. The maximum Gasteiger partial charge on any atom is 0.224 e. The zero-order valence-electron chi connectivity index (χ0n) is 14.7. The largest absolute Gasteiger partial charge is 0.356 e. The van der Waals surface area contributed by atoms with Crippen LogP contribution in [-0.2, 0) is 17.1 Å². The van der Waals surface area contributed by atoms with Gasteiger partial charge in [-0.05, 0) is 31.4 Å². The lowest BCUT2D eigenvalue weighted by molar-refractivity contribution is -0.129. The van der Waals surface area contributed by atoms with Crippen LogP contribution in [0, 0.1) is 5.92 Å². The molecule has 2 aliphatic rings. The first-order chi connectivity index (χ1) is 12.1. The van der Waals surface area contributed by atoms with Gasteiger partial charge in [-0.15, -0.1) is 5.10 Å². The number of rotatable bonds is 5. The van der Waals surface area contributed by atoms with Gasteiger partial charge in [-0.3, -0.25) is 4.79 Å². The number of amides is 1. The fourth-order valence-corrected chi connectivity index (χ4v) is 3.76. The summed E-state index contributed by atoms with van der Waals surface area (Å²) < 4.78 is 1.75. The number of nitrogens with one attached hydrogen (secondary N) is 2. The zero-order valence-corrected chi connectivity index (χ0v) is 14.7. The van der Waals surface area contributed by atoms with Gasteiger partial charge in [0.25, 0.3) is 0 Å². The summed E-state index contributed by atoms with van der Waals surface area (Å²) in [5.74, 6) is 0.692. The van der Waals surface area contributed by atoms with Crippen LogP contribution in [0.15, 0.2) is 30.5 Å². The molecular formula is C18H24N6O. The second-order valence-electron chi connectivity index (χ2n) is 7.18. The number of hydrogen-bond acceptors (Lipinski definition) is 5. The van der Waals surface area contributed by atoms with Crippen molar-refractivity contribution in [1.82, 2.24) is 19.9 Å². The first kappa shape index (κ1) is 15.9. The number of carbonyl (C=O) groups excluding carboxylic acids is 1. The highest BCUT2D eigenvalue weighted by atomic mass is 16.2. The Morgan fingerprint density at radius 3 is 2.68 bits per heavy atom. The lowest BCUT2D eigenvalue weighted by Crippen LogP contribution is -2.35. The van der Waals surface area contributed by atoms with Crippen LogP contribution in [0.25, 0.3) is 0 Å². The lowest BCUT2D eigenvalue weighted by atomic mass is 10.0. The standard InChI is InChI=1S/C18H24N6O/c1-3-6-13-9-17(25)23(10-13)12-24-11-16(21-22-24)18(2)19-14-7-4-5-8-15(14)20-18/h4-5,7-8,11,13,19-20H,3,6,9-10,12H2,1-2H3. The molecule has 2 N–H and O–H groups in total. The first-order valence-electron chi connectivity index (χ1n) is 8.91. The van der Waals surface area contributed by atoms with Crippen LogP contribution in [0.4, 0.5) is 11.4 Å². The number of nitrogens with zero attached hydrogens (tertiary/aromatic N) is 4. The fourth-order valence-electron chi connectivity index (χ4n) is 3.76. The fraction of sp³-hybridized carbons (Fsp3) is 0.500. The van der Waals surface area contributed by atoms with Gasteiger partial charge in [-0.25, -0.2) is 4.68 Å². The number of likely N-dealkylation sites (tertiary alicyclic amines) is 1. The molecule has 0 aliphatic carbocycles. The molecule has 4 rings (SSSR count). The number of anilines is 2. The average Bonchev–Trinajstić information content (AvgIpc) is 3.26. The second kappa shape index (κ2) is 6.06. The average molecular weight is 340 g/mol. The summed E-state index contributed by atoms with van der Waals surface area (Å²) in [7, 11) is 0. The second-order valence-corrected chi connectivity index (χ2v) is 7.18. The number of hydrogen-bond donors (Lipinski definition) is 2. The van der Waals surface area contributed by atoms with Crippen molar-refractivity contribution in [2.45, 2.75) is 45.4 Å². The SMILES string of the molecule is CCCC1CC(=O)N(Cn2cc(C3(C)Nc4ccccc4N3)nn2)C1. The van der Waals surface area contributed by atoms with Crippen LogP contribution in [0.2, 0.25) is 0 Å². The molecular weight excluding hydrogens is 316 g/mol. The Morgan fingerprint density at radius 2 is 2.00 bits per heavy atom. The van der Waals surface area contributed by atoms with Crippen molar-refractivity contribution >= 4 is 17.3 Å². The molecule has 0 saturated carbocycles. The molecule has 0 radical (unpaired) electrons. The van der Waals surface area contributed by atoms with E-state index in [1.807, 2.05) is 42.3 Å². The van der Waals surface area contributed by atoms with Crippen molar-refractivity contribution < 1.29 is 4.79 Å².